The molecule has 0 saturated carbocycles. The lowest BCUT2D eigenvalue weighted by Crippen LogP contribution is -2.07. The summed E-state index contributed by atoms with van der Waals surface area (Å²) in [6, 6.07) is 2.11. The minimum absolute atomic E-state index is 0.523. The zero-order chi connectivity index (χ0) is 12.1. The van der Waals surface area contributed by atoms with Gasteiger partial charge in [-0.2, -0.15) is 0 Å². The summed E-state index contributed by atoms with van der Waals surface area (Å²) < 4.78 is 0. The van der Waals surface area contributed by atoms with Gasteiger partial charge in [-0.3, -0.25) is 4.98 Å². The molecule has 1 atom stereocenters. The first-order valence-corrected chi connectivity index (χ1v) is 6.18. The fourth-order valence-electron chi connectivity index (χ4n) is 2.34. The molecule has 0 amide bonds. The SMILES string of the molecule is C=CCC(CC)c1nccc(C)c1C(C)C. The van der Waals surface area contributed by atoms with Crippen molar-refractivity contribution in [2.45, 2.75) is 52.4 Å². The maximum Gasteiger partial charge on any atom is 0.0474 e. The van der Waals surface area contributed by atoms with E-state index in [1.165, 1.54) is 16.8 Å². The number of hydrogen-bond donors (Lipinski definition) is 0. The Bertz CT molecular complexity index is 352. The monoisotopic (exact) mass is 217 g/mol. The van der Waals surface area contributed by atoms with Gasteiger partial charge in [-0.05, 0) is 42.9 Å². The van der Waals surface area contributed by atoms with Crippen LogP contribution in [0.25, 0.3) is 0 Å². The standard InChI is InChI=1S/C15H23N/c1-6-8-13(7-2)15-14(11(3)4)12(5)9-10-16-15/h6,9-11,13H,1,7-8H2,2-5H3. The highest BCUT2D eigenvalue weighted by molar-refractivity contribution is 5.34. The van der Waals surface area contributed by atoms with Gasteiger partial charge in [0.05, 0.1) is 0 Å². The predicted octanol–water partition coefficient (Wildman–Crippen LogP) is 4.58. The molecule has 16 heavy (non-hydrogen) atoms. The summed E-state index contributed by atoms with van der Waals surface area (Å²) in [5, 5.41) is 0. The minimum Gasteiger partial charge on any atom is -0.261 e. The van der Waals surface area contributed by atoms with Crippen molar-refractivity contribution in [3.8, 4) is 0 Å². The lowest BCUT2D eigenvalue weighted by molar-refractivity contribution is 0.633. The quantitative estimate of drug-likeness (QED) is 0.658. The first kappa shape index (κ1) is 13.0. The highest BCUT2D eigenvalue weighted by Gasteiger charge is 2.17. The van der Waals surface area contributed by atoms with Gasteiger partial charge in [-0.1, -0.05) is 26.8 Å². The van der Waals surface area contributed by atoms with Crippen LogP contribution in [0.15, 0.2) is 24.9 Å². The Kier molecular flexibility index (Phi) is 4.72. The molecule has 0 aromatic carbocycles. The molecule has 0 aliphatic carbocycles. The second-order valence-electron chi connectivity index (χ2n) is 4.71. The van der Waals surface area contributed by atoms with Gasteiger partial charge in [-0.15, -0.1) is 6.58 Å². The van der Waals surface area contributed by atoms with Crippen molar-refractivity contribution >= 4 is 0 Å². The number of allylic oxidation sites excluding steroid dienone is 1. The number of rotatable bonds is 5. The van der Waals surface area contributed by atoms with Crippen molar-refractivity contribution in [3.05, 3.63) is 41.7 Å². The molecular formula is C15H23N. The highest BCUT2D eigenvalue weighted by atomic mass is 14.7. The average molecular weight is 217 g/mol. The predicted molar refractivity (Wildman–Crippen MR) is 70.9 cm³/mol. The first-order chi connectivity index (χ1) is 7.61. The number of aromatic nitrogens is 1. The van der Waals surface area contributed by atoms with Crippen LogP contribution in [0.5, 0.6) is 0 Å². The lowest BCUT2D eigenvalue weighted by Gasteiger charge is -2.20. The van der Waals surface area contributed by atoms with E-state index in [1.807, 2.05) is 12.3 Å². The minimum atomic E-state index is 0.523. The van der Waals surface area contributed by atoms with E-state index in [0.29, 0.717) is 11.8 Å². The van der Waals surface area contributed by atoms with Crippen LogP contribution in [0.1, 0.15) is 62.3 Å². The first-order valence-electron chi connectivity index (χ1n) is 6.18. The molecule has 1 heterocycles. The molecule has 0 aliphatic rings. The molecule has 0 spiro atoms. The van der Waals surface area contributed by atoms with Crippen molar-refractivity contribution in [3.63, 3.8) is 0 Å². The molecule has 1 heteroatoms. The van der Waals surface area contributed by atoms with E-state index < -0.39 is 0 Å². The number of pyridine rings is 1. The molecule has 88 valence electrons. The van der Waals surface area contributed by atoms with Crippen LogP contribution in [-0.2, 0) is 0 Å². The fourth-order valence-corrected chi connectivity index (χ4v) is 2.34. The maximum atomic E-state index is 4.60. The van der Waals surface area contributed by atoms with Crippen LogP contribution < -0.4 is 0 Å². The Morgan fingerprint density at radius 3 is 2.62 bits per heavy atom. The van der Waals surface area contributed by atoms with E-state index in [2.05, 4.69) is 45.3 Å². The molecule has 0 saturated heterocycles. The number of nitrogens with zero attached hydrogens (tertiary/aromatic N) is 1. The average Bonchev–Trinajstić information content (AvgIpc) is 2.25. The van der Waals surface area contributed by atoms with Gasteiger partial charge < -0.3 is 0 Å². The summed E-state index contributed by atoms with van der Waals surface area (Å²) in [4.78, 5) is 4.60. The van der Waals surface area contributed by atoms with Crippen LogP contribution in [-0.4, -0.2) is 4.98 Å². The zero-order valence-electron chi connectivity index (χ0n) is 11.0. The normalized spacial score (nSPS) is 12.8. The van der Waals surface area contributed by atoms with Gasteiger partial charge in [0.15, 0.2) is 0 Å². The molecule has 1 aromatic rings. The topological polar surface area (TPSA) is 12.9 Å². The van der Waals surface area contributed by atoms with E-state index >= 15 is 0 Å². The van der Waals surface area contributed by atoms with E-state index in [0.717, 1.165) is 12.8 Å². The van der Waals surface area contributed by atoms with Gasteiger partial charge in [0, 0.05) is 17.8 Å². The van der Waals surface area contributed by atoms with E-state index in [-0.39, 0.29) is 0 Å². The summed E-state index contributed by atoms with van der Waals surface area (Å²) in [5.74, 6) is 1.07. The van der Waals surface area contributed by atoms with Crippen LogP contribution >= 0.6 is 0 Å². The van der Waals surface area contributed by atoms with E-state index in [4.69, 9.17) is 0 Å². The Morgan fingerprint density at radius 1 is 1.44 bits per heavy atom. The molecule has 1 rings (SSSR count). The van der Waals surface area contributed by atoms with Gasteiger partial charge in [0.25, 0.3) is 0 Å². The molecule has 0 bridgehead atoms. The van der Waals surface area contributed by atoms with Crippen LogP contribution in [0.4, 0.5) is 0 Å². The van der Waals surface area contributed by atoms with Gasteiger partial charge >= 0.3 is 0 Å². The number of hydrogen-bond acceptors (Lipinski definition) is 1. The van der Waals surface area contributed by atoms with Gasteiger partial charge in [0.2, 0.25) is 0 Å². The van der Waals surface area contributed by atoms with Crippen molar-refractivity contribution in [2.24, 2.45) is 0 Å². The van der Waals surface area contributed by atoms with Crippen LogP contribution in [0.2, 0.25) is 0 Å². The summed E-state index contributed by atoms with van der Waals surface area (Å²) in [6.45, 7) is 12.7. The molecule has 0 aliphatic heterocycles. The van der Waals surface area contributed by atoms with Crippen LogP contribution in [0.3, 0.4) is 0 Å². The smallest absolute Gasteiger partial charge is 0.0474 e. The fraction of sp³-hybridized carbons (Fsp3) is 0.533. The largest absolute Gasteiger partial charge is 0.261 e. The maximum absolute atomic E-state index is 4.60. The van der Waals surface area contributed by atoms with Crippen molar-refractivity contribution in [1.82, 2.24) is 4.98 Å². The summed E-state index contributed by atoms with van der Waals surface area (Å²) in [6.07, 6.45) is 6.08. The molecule has 0 fully saturated rings. The molecule has 1 unspecified atom stereocenters. The molecule has 0 radical (unpaired) electrons. The van der Waals surface area contributed by atoms with E-state index in [1.54, 1.807) is 0 Å². The third kappa shape index (κ3) is 2.72. The van der Waals surface area contributed by atoms with Crippen LogP contribution in [0, 0.1) is 6.92 Å². The Labute approximate surface area is 99.6 Å². The third-order valence-corrected chi connectivity index (χ3v) is 3.15. The summed E-state index contributed by atoms with van der Waals surface area (Å²) in [5.41, 5.74) is 4.07. The zero-order valence-corrected chi connectivity index (χ0v) is 11.0. The third-order valence-electron chi connectivity index (χ3n) is 3.15. The van der Waals surface area contributed by atoms with Crippen molar-refractivity contribution < 1.29 is 0 Å². The second-order valence-corrected chi connectivity index (χ2v) is 4.71. The second kappa shape index (κ2) is 5.83. The lowest BCUT2D eigenvalue weighted by atomic mass is 9.87. The molecule has 1 nitrogen and oxygen atoms in total. The molecule has 0 N–H and O–H groups in total. The van der Waals surface area contributed by atoms with Crippen molar-refractivity contribution in [2.75, 3.05) is 0 Å². The highest BCUT2D eigenvalue weighted by Crippen LogP contribution is 2.31. The summed E-state index contributed by atoms with van der Waals surface area (Å²) in [7, 11) is 0. The van der Waals surface area contributed by atoms with E-state index in [9.17, 15) is 0 Å². The van der Waals surface area contributed by atoms with Gasteiger partial charge in [0.1, 0.15) is 0 Å². The molecular weight excluding hydrogens is 194 g/mol. The Morgan fingerprint density at radius 2 is 2.12 bits per heavy atom. The van der Waals surface area contributed by atoms with Gasteiger partial charge in [-0.25, -0.2) is 0 Å². The van der Waals surface area contributed by atoms with Crippen molar-refractivity contribution in [1.29, 1.82) is 0 Å². The Balaban J connectivity index is 3.19. The molecule has 1 aromatic heterocycles. The summed E-state index contributed by atoms with van der Waals surface area (Å²) >= 11 is 0. The number of aryl methyl sites for hydroxylation is 1. The Hall–Kier alpha value is -1.11.